The Labute approximate surface area is 137 Å². The number of anilines is 2. The molecule has 1 amide bonds. The van der Waals surface area contributed by atoms with Gasteiger partial charge in [0.1, 0.15) is 0 Å². The van der Waals surface area contributed by atoms with Crippen molar-refractivity contribution in [3.63, 3.8) is 0 Å². The van der Waals surface area contributed by atoms with Crippen LogP contribution in [-0.4, -0.2) is 5.91 Å². The van der Waals surface area contributed by atoms with Crippen molar-refractivity contribution < 1.29 is 4.79 Å². The number of halogens is 1. The Morgan fingerprint density at radius 2 is 1.77 bits per heavy atom. The summed E-state index contributed by atoms with van der Waals surface area (Å²) in [5, 5.41) is 4.87. The molecular formula is C18H15BrN2O. The van der Waals surface area contributed by atoms with Gasteiger partial charge in [-0.15, -0.1) is 0 Å². The summed E-state index contributed by atoms with van der Waals surface area (Å²) in [7, 11) is 0. The van der Waals surface area contributed by atoms with E-state index in [-0.39, 0.29) is 5.91 Å². The van der Waals surface area contributed by atoms with Crippen LogP contribution in [0.3, 0.4) is 0 Å². The lowest BCUT2D eigenvalue weighted by molar-refractivity contribution is 0.102. The maximum absolute atomic E-state index is 12.6. The first-order valence-electron chi connectivity index (χ1n) is 6.91. The molecule has 0 fully saturated rings. The van der Waals surface area contributed by atoms with E-state index in [2.05, 4.69) is 21.2 Å². The number of nitrogen functional groups attached to an aromatic ring is 1. The highest BCUT2D eigenvalue weighted by molar-refractivity contribution is 9.10. The Morgan fingerprint density at radius 3 is 2.59 bits per heavy atom. The molecule has 0 atom stereocenters. The minimum Gasteiger partial charge on any atom is -0.399 e. The van der Waals surface area contributed by atoms with Crippen molar-refractivity contribution >= 4 is 44.0 Å². The second kappa shape index (κ2) is 5.81. The summed E-state index contributed by atoms with van der Waals surface area (Å²) >= 11 is 3.52. The summed E-state index contributed by atoms with van der Waals surface area (Å²) in [6, 6.07) is 17.0. The van der Waals surface area contributed by atoms with E-state index in [4.69, 9.17) is 5.73 Å². The average molecular weight is 355 g/mol. The minimum atomic E-state index is -0.141. The average Bonchev–Trinajstić information content (AvgIpc) is 2.51. The third-order valence-corrected chi connectivity index (χ3v) is 4.31. The fourth-order valence-corrected chi connectivity index (χ4v) is 2.93. The van der Waals surface area contributed by atoms with Crippen LogP contribution in [0.15, 0.2) is 59.1 Å². The quantitative estimate of drug-likeness (QED) is 0.652. The monoisotopic (exact) mass is 354 g/mol. The number of hydrogen-bond acceptors (Lipinski definition) is 2. The molecule has 0 radical (unpaired) electrons. The summed E-state index contributed by atoms with van der Waals surface area (Å²) in [5.41, 5.74) is 8.77. The van der Waals surface area contributed by atoms with Gasteiger partial charge in [0.25, 0.3) is 5.91 Å². The minimum absolute atomic E-state index is 0.141. The van der Waals surface area contributed by atoms with Gasteiger partial charge in [0, 0.05) is 21.4 Å². The highest BCUT2D eigenvalue weighted by atomic mass is 79.9. The number of aryl methyl sites for hydroxylation is 1. The molecular weight excluding hydrogens is 340 g/mol. The largest absolute Gasteiger partial charge is 0.399 e. The van der Waals surface area contributed by atoms with Crippen LogP contribution >= 0.6 is 15.9 Å². The number of fused-ring (bicyclic) bond motifs is 1. The number of nitrogens with two attached hydrogens (primary N) is 1. The lowest BCUT2D eigenvalue weighted by Gasteiger charge is -2.11. The maximum atomic E-state index is 12.6. The molecule has 3 N–H and O–H groups in total. The lowest BCUT2D eigenvalue weighted by Crippen LogP contribution is -2.13. The van der Waals surface area contributed by atoms with Crippen molar-refractivity contribution in [2.45, 2.75) is 6.92 Å². The van der Waals surface area contributed by atoms with Gasteiger partial charge in [-0.3, -0.25) is 4.79 Å². The van der Waals surface area contributed by atoms with Crippen LogP contribution in [0.2, 0.25) is 0 Å². The van der Waals surface area contributed by atoms with Crippen LogP contribution in [-0.2, 0) is 0 Å². The van der Waals surface area contributed by atoms with Gasteiger partial charge in [0.2, 0.25) is 0 Å². The fraction of sp³-hybridized carbons (Fsp3) is 0.0556. The van der Waals surface area contributed by atoms with E-state index in [1.54, 1.807) is 6.07 Å². The molecule has 0 saturated carbocycles. The number of rotatable bonds is 2. The summed E-state index contributed by atoms with van der Waals surface area (Å²) in [6.07, 6.45) is 0. The van der Waals surface area contributed by atoms with Gasteiger partial charge in [-0.2, -0.15) is 0 Å². The number of hydrogen-bond donors (Lipinski definition) is 2. The van der Waals surface area contributed by atoms with E-state index in [9.17, 15) is 4.79 Å². The first-order valence-corrected chi connectivity index (χ1v) is 7.70. The van der Waals surface area contributed by atoms with Crippen molar-refractivity contribution in [1.82, 2.24) is 0 Å². The molecule has 4 heteroatoms. The molecule has 3 aromatic carbocycles. The van der Waals surface area contributed by atoms with Gasteiger partial charge < -0.3 is 11.1 Å². The van der Waals surface area contributed by atoms with Gasteiger partial charge in [-0.05, 0) is 47.5 Å². The Bertz CT molecular complexity index is 874. The van der Waals surface area contributed by atoms with Gasteiger partial charge in [0.05, 0.1) is 0 Å². The SMILES string of the molecule is Cc1ccc(N)cc1NC(=O)c1cccc2c(Br)cccc12. The Hall–Kier alpha value is -2.33. The van der Waals surface area contributed by atoms with Gasteiger partial charge in [-0.25, -0.2) is 0 Å². The van der Waals surface area contributed by atoms with E-state index < -0.39 is 0 Å². The maximum Gasteiger partial charge on any atom is 0.256 e. The molecule has 22 heavy (non-hydrogen) atoms. The molecule has 0 spiro atoms. The molecule has 0 heterocycles. The standard InChI is InChI=1S/C18H15BrN2O/c1-11-8-9-12(20)10-17(11)21-18(22)15-6-2-5-14-13(15)4-3-7-16(14)19/h2-10H,20H2,1H3,(H,21,22). The molecule has 0 saturated heterocycles. The van der Waals surface area contributed by atoms with Gasteiger partial charge in [-0.1, -0.05) is 46.3 Å². The fourth-order valence-electron chi connectivity index (χ4n) is 2.43. The van der Waals surface area contributed by atoms with Crippen LogP contribution in [0.4, 0.5) is 11.4 Å². The van der Waals surface area contributed by atoms with E-state index in [1.165, 1.54) is 0 Å². The van der Waals surface area contributed by atoms with E-state index in [0.29, 0.717) is 11.3 Å². The zero-order chi connectivity index (χ0) is 15.7. The topological polar surface area (TPSA) is 55.1 Å². The third kappa shape index (κ3) is 2.70. The first-order chi connectivity index (χ1) is 10.6. The van der Waals surface area contributed by atoms with Crippen molar-refractivity contribution in [3.8, 4) is 0 Å². The molecule has 0 bridgehead atoms. The summed E-state index contributed by atoms with van der Waals surface area (Å²) in [5.74, 6) is -0.141. The summed E-state index contributed by atoms with van der Waals surface area (Å²) in [4.78, 5) is 12.6. The summed E-state index contributed by atoms with van der Waals surface area (Å²) < 4.78 is 0.972. The predicted octanol–water partition coefficient (Wildman–Crippen LogP) is 4.75. The Morgan fingerprint density at radius 1 is 1.05 bits per heavy atom. The number of benzene rings is 3. The number of carbonyl (C=O) groups is 1. The molecule has 3 aromatic rings. The highest BCUT2D eigenvalue weighted by Gasteiger charge is 2.12. The van der Waals surface area contributed by atoms with Crippen LogP contribution in [0.1, 0.15) is 15.9 Å². The van der Waals surface area contributed by atoms with Crippen molar-refractivity contribution in [3.05, 3.63) is 70.2 Å². The Balaban J connectivity index is 2.03. The van der Waals surface area contributed by atoms with Crippen molar-refractivity contribution in [2.24, 2.45) is 0 Å². The van der Waals surface area contributed by atoms with Crippen LogP contribution < -0.4 is 11.1 Å². The summed E-state index contributed by atoms with van der Waals surface area (Å²) in [6.45, 7) is 1.94. The smallest absolute Gasteiger partial charge is 0.256 e. The number of carbonyl (C=O) groups excluding carboxylic acids is 1. The van der Waals surface area contributed by atoms with E-state index in [0.717, 1.165) is 26.5 Å². The van der Waals surface area contributed by atoms with E-state index >= 15 is 0 Å². The first kappa shape index (κ1) is 14.6. The molecule has 3 rings (SSSR count). The van der Waals surface area contributed by atoms with Crippen molar-refractivity contribution in [2.75, 3.05) is 11.1 Å². The lowest BCUT2D eigenvalue weighted by atomic mass is 10.0. The second-order valence-electron chi connectivity index (χ2n) is 5.17. The molecule has 0 aliphatic rings. The molecule has 0 aliphatic heterocycles. The predicted molar refractivity (Wildman–Crippen MR) is 95.2 cm³/mol. The zero-order valence-corrected chi connectivity index (χ0v) is 13.6. The molecule has 110 valence electrons. The molecule has 0 aliphatic carbocycles. The van der Waals surface area contributed by atoms with Crippen LogP contribution in [0.25, 0.3) is 10.8 Å². The molecule has 0 aromatic heterocycles. The van der Waals surface area contributed by atoms with Crippen LogP contribution in [0, 0.1) is 6.92 Å². The van der Waals surface area contributed by atoms with E-state index in [1.807, 2.05) is 55.5 Å². The van der Waals surface area contributed by atoms with Gasteiger partial charge in [0.15, 0.2) is 0 Å². The zero-order valence-electron chi connectivity index (χ0n) is 12.1. The Kier molecular flexibility index (Phi) is 3.86. The number of amides is 1. The van der Waals surface area contributed by atoms with Crippen LogP contribution in [0.5, 0.6) is 0 Å². The highest BCUT2D eigenvalue weighted by Crippen LogP contribution is 2.27. The number of nitrogens with one attached hydrogen (secondary N) is 1. The van der Waals surface area contributed by atoms with Gasteiger partial charge >= 0.3 is 0 Å². The second-order valence-corrected chi connectivity index (χ2v) is 6.02. The molecule has 0 unspecified atom stereocenters. The molecule has 3 nitrogen and oxygen atoms in total. The van der Waals surface area contributed by atoms with Crippen molar-refractivity contribution in [1.29, 1.82) is 0 Å². The normalized spacial score (nSPS) is 10.6. The third-order valence-electron chi connectivity index (χ3n) is 3.62.